The zero-order valence-corrected chi connectivity index (χ0v) is 12.9. The predicted octanol–water partition coefficient (Wildman–Crippen LogP) is 1.90. The van der Waals surface area contributed by atoms with Crippen LogP contribution >= 0.6 is 22.7 Å². The topological polar surface area (TPSA) is 84.0 Å². The molecule has 0 radical (unpaired) electrons. The van der Waals surface area contributed by atoms with Gasteiger partial charge in [-0.15, -0.1) is 21.5 Å². The first-order valence-corrected chi connectivity index (χ1v) is 8.81. The van der Waals surface area contributed by atoms with Crippen LogP contribution in [-0.2, 0) is 16.6 Å². The highest BCUT2D eigenvalue weighted by Crippen LogP contribution is 2.23. The van der Waals surface area contributed by atoms with Crippen molar-refractivity contribution in [1.82, 2.24) is 15.5 Å². The number of nitrogens with one attached hydrogen (secondary N) is 2. The van der Waals surface area contributed by atoms with E-state index in [4.69, 9.17) is 0 Å². The Labute approximate surface area is 119 Å². The summed E-state index contributed by atoms with van der Waals surface area (Å²) in [6.45, 7) is 4.74. The molecule has 0 aliphatic heterocycles. The molecule has 0 saturated heterocycles. The van der Waals surface area contributed by atoms with E-state index in [0.29, 0.717) is 12.6 Å². The second-order valence-corrected chi connectivity index (χ2v) is 7.81. The average Bonchev–Trinajstić information content (AvgIpc) is 2.96. The Bertz CT molecular complexity index is 619. The van der Waals surface area contributed by atoms with E-state index in [2.05, 4.69) is 20.2 Å². The van der Waals surface area contributed by atoms with Crippen molar-refractivity contribution in [1.29, 1.82) is 0 Å². The van der Waals surface area contributed by atoms with Gasteiger partial charge in [0, 0.05) is 12.6 Å². The van der Waals surface area contributed by atoms with Crippen LogP contribution < -0.4 is 10.0 Å². The Morgan fingerprint density at radius 3 is 2.79 bits per heavy atom. The summed E-state index contributed by atoms with van der Waals surface area (Å²) in [4.78, 5) is 0. The minimum absolute atomic E-state index is 0.273. The van der Waals surface area contributed by atoms with E-state index in [1.54, 1.807) is 6.07 Å². The molecule has 0 aliphatic carbocycles. The van der Waals surface area contributed by atoms with Crippen LogP contribution in [0.2, 0.25) is 0 Å². The molecular weight excluding hydrogens is 304 g/mol. The van der Waals surface area contributed by atoms with Crippen molar-refractivity contribution in [2.45, 2.75) is 30.6 Å². The molecule has 19 heavy (non-hydrogen) atoms. The SMILES string of the molecule is CC(C)NCc1csc(S(=O)(=O)Nc2nncs2)c1. The molecule has 2 aromatic heterocycles. The third-order valence-corrected chi connectivity index (χ3v) is 5.75. The lowest BCUT2D eigenvalue weighted by Gasteiger charge is -2.05. The Morgan fingerprint density at radius 1 is 1.37 bits per heavy atom. The van der Waals surface area contributed by atoms with Gasteiger partial charge >= 0.3 is 0 Å². The largest absolute Gasteiger partial charge is 0.310 e. The van der Waals surface area contributed by atoms with Crippen molar-refractivity contribution in [2.75, 3.05) is 4.72 Å². The quantitative estimate of drug-likeness (QED) is 0.850. The molecule has 0 aliphatic rings. The normalized spacial score (nSPS) is 11.9. The van der Waals surface area contributed by atoms with Crippen LogP contribution in [0, 0.1) is 0 Å². The van der Waals surface area contributed by atoms with Gasteiger partial charge in [-0.05, 0) is 17.0 Å². The molecule has 0 saturated carbocycles. The Hall–Kier alpha value is -1.03. The fraction of sp³-hybridized carbons (Fsp3) is 0.400. The second kappa shape index (κ2) is 5.95. The molecule has 0 aromatic carbocycles. The summed E-state index contributed by atoms with van der Waals surface area (Å²) in [6, 6.07) is 2.03. The minimum atomic E-state index is -3.55. The lowest BCUT2D eigenvalue weighted by atomic mass is 10.3. The maximum Gasteiger partial charge on any atom is 0.273 e. The van der Waals surface area contributed by atoms with E-state index < -0.39 is 10.0 Å². The molecule has 0 fully saturated rings. The zero-order chi connectivity index (χ0) is 13.9. The van der Waals surface area contributed by atoms with Crippen molar-refractivity contribution in [3.05, 3.63) is 22.5 Å². The molecule has 9 heteroatoms. The molecule has 104 valence electrons. The van der Waals surface area contributed by atoms with Crippen molar-refractivity contribution in [2.24, 2.45) is 0 Å². The number of anilines is 1. The molecule has 0 bridgehead atoms. The fourth-order valence-electron chi connectivity index (χ4n) is 1.29. The van der Waals surface area contributed by atoms with Gasteiger partial charge in [0.25, 0.3) is 10.0 Å². The third-order valence-electron chi connectivity index (χ3n) is 2.19. The highest BCUT2D eigenvalue weighted by Gasteiger charge is 2.18. The van der Waals surface area contributed by atoms with Crippen LogP contribution in [0.3, 0.4) is 0 Å². The van der Waals surface area contributed by atoms with Gasteiger partial charge < -0.3 is 5.32 Å². The molecule has 2 aromatic rings. The first-order chi connectivity index (χ1) is 8.97. The van der Waals surface area contributed by atoms with Gasteiger partial charge in [0.2, 0.25) is 5.13 Å². The number of aromatic nitrogens is 2. The van der Waals surface area contributed by atoms with Gasteiger partial charge in [-0.1, -0.05) is 25.2 Å². The van der Waals surface area contributed by atoms with Gasteiger partial charge in [0.15, 0.2) is 0 Å². The van der Waals surface area contributed by atoms with Crippen LogP contribution in [0.5, 0.6) is 0 Å². The molecule has 2 N–H and O–H groups in total. The van der Waals surface area contributed by atoms with Gasteiger partial charge in [-0.25, -0.2) is 8.42 Å². The van der Waals surface area contributed by atoms with Gasteiger partial charge in [0.05, 0.1) is 0 Å². The fourth-order valence-corrected chi connectivity index (χ4v) is 4.19. The zero-order valence-electron chi connectivity index (χ0n) is 10.5. The number of nitrogens with zero attached hydrogens (tertiary/aromatic N) is 2. The first-order valence-electron chi connectivity index (χ1n) is 5.57. The minimum Gasteiger partial charge on any atom is -0.310 e. The van der Waals surface area contributed by atoms with Gasteiger partial charge in [-0.3, -0.25) is 4.72 Å². The van der Waals surface area contributed by atoms with Gasteiger partial charge in [0.1, 0.15) is 9.72 Å². The number of sulfonamides is 1. The van der Waals surface area contributed by atoms with Crippen LogP contribution in [0.4, 0.5) is 5.13 Å². The predicted molar refractivity (Wildman–Crippen MR) is 77.0 cm³/mol. The average molecular weight is 318 g/mol. The third kappa shape index (κ3) is 3.96. The van der Waals surface area contributed by atoms with E-state index in [1.165, 1.54) is 16.8 Å². The van der Waals surface area contributed by atoms with Crippen LogP contribution in [0.25, 0.3) is 0 Å². The van der Waals surface area contributed by atoms with E-state index in [1.807, 2.05) is 19.2 Å². The van der Waals surface area contributed by atoms with Crippen molar-refractivity contribution in [3.63, 3.8) is 0 Å². The highest BCUT2D eigenvalue weighted by molar-refractivity contribution is 7.94. The molecular formula is C10H14N4O2S3. The standard InChI is InChI=1S/C10H14N4O2S3/c1-7(2)11-4-8-3-9(17-5-8)19(15,16)14-10-13-12-6-18-10/h3,5-7,11H,4H2,1-2H3,(H,13,14). The Balaban J connectivity index is 2.08. The summed E-state index contributed by atoms with van der Waals surface area (Å²) in [5.74, 6) is 0. The number of rotatable bonds is 6. The van der Waals surface area contributed by atoms with E-state index in [9.17, 15) is 8.42 Å². The molecule has 6 nitrogen and oxygen atoms in total. The first kappa shape index (κ1) is 14.4. The summed E-state index contributed by atoms with van der Waals surface area (Å²) in [6.07, 6.45) is 0. The summed E-state index contributed by atoms with van der Waals surface area (Å²) >= 11 is 2.34. The molecule has 0 amide bonds. The van der Waals surface area contributed by atoms with Crippen LogP contribution in [0.1, 0.15) is 19.4 Å². The summed E-state index contributed by atoms with van der Waals surface area (Å²) in [5, 5.41) is 12.6. The number of hydrogen-bond donors (Lipinski definition) is 2. The summed E-state index contributed by atoms with van der Waals surface area (Å²) in [7, 11) is -3.55. The van der Waals surface area contributed by atoms with E-state index in [0.717, 1.165) is 16.9 Å². The smallest absolute Gasteiger partial charge is 0.273 e. The Kier molecular flexibility index (Phi) is 4.50. The molecule has 0 atom stereocenters. The van der Waals surface area contributed by atoms with Crippen LogP contribution in [-0.4, -0.2) is 24.7 Å². The molecule has 2 heterocycles. The Morgan fingerprint density at radius 2 is 2.16 bits per heavy atom. The second-order valence-electron chi connectivity index (χ2n) is 4.16. The number of thiophene rings is 1. The summed E-state index contributed by atoms with van der Waals surface area (Å²) in [5.41, 5.74) is 2.43. The van der Waals surface area contributed by atoms with Crippen molar-refractivity contribution < 1.29 is 8.42 Å². The highest BCUT2D eigenvalue weighted by atomic mass is 32.2. The monoisotopic (exact) mass is 318 g/mol. The molecule has 0 spiro atoms. The van der Waals surface area contributed by atoms with Crippen LogP contribution in [0.15, 0.2) is 21.2 Å². The van der Waals surface area contributed by atoms with Crippen molar-refractivity contribution >= 4 is 37.8 Å². The maximum atomic E-state index is 12.1. The van der Waals surface area contributed by atoms with Crippen molar-refractivity contribution in [3.8, 4) is 0 Å². The number of hydrogen-bond acceptors (Lipinski definition) is 7. The molecule has 2 rings (SSSR count). The lowest BCUT2D eigenvalue weighted by Crippen LogP contribution is -2.21. The molecule has 0 unspecified atom stereocenters. The lowest BCUT2D eigenvalue weighted by molar-refractivity contribution is 0.589. The van der Waals surface area contributed by atoms with E-state index >= 15 is 0 Å². The summed E-state index contributed by atoms with van der Waals surface area (Å²) < 4.78 is 26.8. The van der Waals surface area contributed by atoms with E-state index in [-0.39, 0.29) is 9.34 Å². The maximum absolute atomic E-state index is 12.1. The van der Waals surface area contributed by atoms with Gasteiger partial charge in [-0.2, -0.15) is 0 Å².